The SMILES string of the molecule is Cn1c(SCc2nc3c(oc4ccccc43)c(=O)[nH]2)nnc1-c1cccnc1. The summed E-state index contributed by atoms with van der Waals surface area (Å²) < 4.78 is 7.52. The lowest BCUT2D eigenvalue weighted by Gasteiger charge is -2.03. The number of aromatic nitrogens is 6. The van der Waals surface area contributed by atoms with Gasteiger partial charge in [-0.3, -0.25) is 9.78 Å². The molecule has 0 fully saturated rings. The number of pyridine rings is 1. The summed E-state index contributed by atoms with van der Waals surface area (Å²) >= 11 is 1.45. The summed E-state index contributed by atoms with van der Waals surface area (Å²) in [5.74, 6) is 1.73. The van der Waals surface area contributed by atoms with Gasteiger partial charge in [-0.25, -0.2) is 4.98 Å². The highest BCUT2D eigenvalue weighted by atomic mass is 32.2. The molecular formula is C19H14N6O2S. The normalized spacial score (nSPS) is 11.5. The Balaban J connectivity index is 1.46. The number of benzene rings is 1. The minimum absolute atomic E-state index is 0.243. The summed E-state index contributed by atoms with van der Waals surface area (Å²) in [6, 6.07) is 11.3. The molecule has 8 nitrogen and oxygen atoms in total. The van der Waals surface area contributed by atoms with Crippen LogP contribution >= 0.6 is 11.8 Å². The Hall–Kier alpha value is -3.46. The fourth-order valence-corrected chi connectivity index (χ4v) is 3.82. The average molecular weight is 390 g/mol. The number of rotatable bonds is 4. The van der Waals surface area contributed by atoms with Gasteiger partial charge in [-0.05, 0) is 24.3 Å². The van der Waals surface area contributed by atoms with Crippen LogP contribution in [0.15, 0.2) is 63.2 Å². The third kappa shape index (κ3) is 2.76. The van der Waals surface area contributed by atoms with Gasteiger partial charge in [0, 0.05) is 30.4 Å². The minimum atomic E-state index is -0.286. The van der Waals surface area contributed by atoms with Gasteiger partial charge < -0.3 is 14.0 Å². The van der Waals surface area contributed by atoms with Crippen molar-refractivity contribution < 1.29 is 4.42 Å². The lowest BCUT2D eigenvalue weighted by atomic mass is 10.2. The predicted molar refractivity (Wildman–Crippen MR) is 106 cm³/mol. The molecule has 0 atom stereocenters. The maximum absolute atomic E-state index is 12.4. The topological polar surface area (TPSA) is 102 Å². The zero-order valence-corrected chi connectivity index (χ0v) is 15.6. The molecule has 1 aromatic carbocycles. The smallest absolute Gasteiger partial charge is 0.294 e. The molecule has 0 bridgehead atoms. The van der Waals surface area contributed by atoms with E-state index < -0.39 is 0 Å². The van der Waals surface area contributed by atoms with Gasteiger partial charge in [0.15, 0.2) is 11.0 Å². The number of hydrogen-bond donors (Lipinski definition) is 1. The highest BCUT2D eigenvalue weighted by Crippen LogP contribution is 2.27. The van der Waals surface area contributed by atoms with Gasteiger partial charge in [-0.15, -0.1) is 10.2 Å². The summed E-state index contributed by atoms with van der Waals surface area (Å²) in [6.07, 6.45) is 3.46. The van der Waals surface area contributed by atoms with Crippen molar-refractivity contribution in [3.8, 4) is 11.4 Å². The first-order chi connectivity index (χ1) is 13.7. The third-order valence-electron chi connectivity index (χ3n) is 4.37. The number of aromatic amines is 1. The van der Waals surface area contributed by atoms with Crippen LogP contribution in [0.25, 0.3) is 33.5 Å². The van der Waals surface area contributed by atoms with Crippen molar-refractivity contribution in [2.45, 2.75) is 10.9 Å². The molecule has 9 heteroatoms. The van der Waals surface area contributed by atoms with E-state index in [1.165, 1.54) is 11.8 Å². The summed E-state index contributed by atoms with van der Waals surface area (Å²) in [4.78, 5) is 23.9. The molecule has 0 aliphatic carbocycles. The first-order valence-corrected chi connectivity index (χ1v) is 9.52. The van der Waals surface area contributed by atoms with Crippen molar-refractivity contribution in [2.24, 2.45) is 7.05 Å². The molecule has 0 saturated carbocycles. The van der Waals surface area contributed by atoms with Crippen LogP contribution in [-0.4, -0.2) is 29.7 Å². The molecule has 5 rings (SSSR count). The summed E-state index contributed by atoms with van der Waals surface area (Å²) in [5.41, 5.74) is 2.07. The van der Waals surface area contributed by atoms with Gasteiger partial charge in [-0.2, -0.15) is 0 Å². The van der Waals surface area contributed by atoms with Crippen LogP contribution in [0.3, 0.4) is 0 Å². The highest BCUT2D eigenvalue weighted by Gasteiger charge is 2.15. The molecule has 0 saturated heterocycles. The number of thioether (sulfide) groups is 1. The summed E-state index contributed by atoms with van der Waals surface area (Å²) in [7, 11) is 1.90. The molecule has 4 aromatic heterocycles. The second-order valence-electron chi connectivity index (χ2n) is 6.18. The number of fused-ring (bicyclic) bond motifs is 3. The monoisotopic (exact) mass is 390 g/mol. The molecule has 1 N–H and O–H groups in total. The molecule has 28 heavy (non-hydrogen) atoms. The van der Waals surface area contributed by atoms with Crippen molar-refractivity contribution in [1.29, 1.82) is 0 Å². The van der Waals surface area contributed by atoms with E-state index in [0.717, 1.165) is 21.9 Å². The zero-order chi connectivity index (χ0) is 19.1. The minimum Gasteiger partial charge on any atom is -0.449 e. The van der Waals surface area contributed by atoms with E-state index in [4.69, 9.17) is 4.42 Å². The second-order valence-corrected chi connectivity index (χ2v) is 7.13. The molecule has 0 radical (unpaired) electrons. The summed E-state index contributed by atoms with van der Waals surface area (Å²) in [5, 5.41) is 10.0. The lowest BCUT2D eigenvalue weighted by molar-refractivity contribution is 0.660. The number of nitrogens with zero attached hydrogens (tertiary/aromatic N) is 5. The molecule has 0 aliphatic rings. The van der Waals surface area contributed by atoms with Crippen LogP contribution in [0.5, 0.6) is 0 Å². The molecule has 138 valence electrons. The predicted octanol–water partition coefficient (Wildman–Crippen LogP) is 3.15. The molecule has 5 aromatic rings. The van der Waals surface area contributed by atoms with E-state index in [9.17, 15) is 4.79 Å². The van der Waals surface area contributed by atoms with Crippen LogP contribution in [0, 0.1) is 0 Å². The Bertz CT molecular complexity index is 1360. The standard InChI is InChI=1S/C19H14N6O2S/c1-25-17(11-5-4-8-20-9-11)23-24-19(25)28-10-14-21-15-12-6-2-3-7-13(12)27-16(15)18(26)22-14/h2-9H,10H2,1H3,(H,21,22,26). The van der Waals surface area contributed by atoms with Gasteiger partial charge in [0.25, 0.3) is 5.56 Å². The van der Waals surface area contributed by atoms with Gasteiger partial charge in [-0.1, -0.05) is 23.9 Å². The molecule has 0 unspecified atom stereocenters. The Morgan fingerprint density at radius 2 is 2.07 bits per heavy atom. The largest absolute Gasteiger partial charge is 0.449 e. The van der Waals surface area contributed by atoms with Crippen LogP contribution < -0.4 is 5.56 Å². The van der Waals surface area contributed by atoms with E-state index >= 15 is 0 Å². The Kier molecular flexibility index (Phi) is 3.94. The Morgan fingerprint density at radius 1 is 1.18 bits per heavy atom. The van der Waals surface area contributed by atoms with Crippen LogP contribution in [0.1, 0.15) is 5.82 Å². The first-order valence-electron chi connectivity index (χ1n) is 8.54. The lowest BCUT2D eigenvalue weighted by Crippen LogP contribution is -2.10. The van der Waals surface area contributed by atoms with E-state index in [0.29, 0.717) is 22.7 Å². The van der Waals surface area contributed by atoms with E-state index in [2.05, 4.69) is 25.1 Å². The van der Waals surface area contributed by atoms with Crippen LogP contribution in [0.2, 0.25) is 0 Å². The Labute approximate surface area is 162 Å². The first kappa shape index (κ1) is 16.7. The van der Waals surface area contributed by atoms with E-state index in [1.807, 2.05) is 48.0 Å². The zero-order valence-electron chi connectivity index (χ0n) is 14.8. The third-order valence-corrected chi connectivity index (χ3v) is 5.40. The fourth-order valence-electron chi connectivity index (χ4n) is 3.04. The maximum atomic E-state index is 12.4. The molecule has 0 amide bonds. The molecule has 0 aliphatic heterocycles. The van der Waals surface area contributed by atoms with Gasteiger partial charge in [0.05, 0.1) is 5.75 Å². The van der Waals surface area contributed by atoms with Crippen molar-refractivity contribution in [3.05, 3.63) is 65.0 Å². The number of nitrogens with one attached hydrogen (secondary N) is 1. The Morgan fingerprint density at radius 3 is 2.93 bits per heavy atom. The average Bonchev–Trinajstić information content (AvgIpc) is 3.28. The number of H-pyrrole nitrogens is 1. The van der Waals surface area contributed by atoms with Crippen LogP contribution in [-0.2, 0) is 12.8 Å². The van der Waals surface area contributed by atoms with Gasteiger partial charge in [0.2, 0.25) is 5.58 Å². The molecule has 4 heterocycles. The molecule has 0 spiro atoms. The van der Waals surface area contributed by atoms with E-state index in [-0.39, 0.29) is 11.1 Å². The van der Waals surface area contributed by atoms with Crippen molar-refractivity contribution in [3.63, 3.8) is 0 Å². The van der Waals surface area contributed by atoms with Crippen molar-refractivity contribution in [1.82, 2.24) is 29.7 Å². The van der Waals surface area contributed by atoms with Gasteiger partial charge >= 0.3 is 0 Å². The fraction of sp³-hybridized carbons (Fsp3) is 0.105. The van der Waals surface area contributed by atoms with Crippen LogP contribution in [0.4, 0.5) is 0 Å². The quantitative estimate of drug-likeness (QED) is 0.470. The highest BCUT2D eigenvalue weighted by molar-refractivity contribution is 7.98. The number of para-hydroxylation sites is 1. The number of furan rings is 1. The molecular weight excluding hydrogens is 376 g/mol. The summed E-state index contributed by atoms with van der Waals surface area (Å²) in [6.45, 7) is 0. The van der Waals surface area contributed by atoms with E-state index in [1.54, 1.807) is 12.4 Å². The number of hydrogen-bond acceptors (Lipinski definition) is 7. The second kappa shape index (κ2) is 6.61. The maximum Gasteiger partial charge on any atom is 0.294 e. The van der Waals surface area contributed by atoms with Crippen molar-refractivity contribution >= 4 is 33.8 Å². The van der Waals surface area contributed by atoms with Gasteiger partial charge in [0.1, 0.15) is 16.9 Å². The van der Waals surface area contributed by atoms with Crippen molar-refractivity contribution in [2.75, 3.05) is 0 Å².